The normalized spacial score (nSPS) is 11.3. The molecule has 7 aromatic carbocycles. The maximum atomic E-state index is 5.02. The van der Waals surface area contributed by atoms with Crippen LogP contribution in [0.1, 0.15) is 0 Å². The van der Waals surface area contributed by atoms with Crippen molar-refractivity contribution >= 4 is 32.3 Å². The quantitative estimate of drug-likeness (QED) is 0.181. The molecule has 2 nitrogen and oxygen atoms in total. The van der Waals surface area contributed by atoms with E-state index in [4.69, 9.17) is 9.97 Å². The third-order valence-corrected chi connectivity index (χ3v) is 9.40. The molecule has 2 heterocycles. The number of pyridine rings is 2. The van der Waals surface area contributed by atoms with Crippen LogP contribution in [0.15, 0.2) is 182 Å². The third-order valence-electron chi connectivity index (χ3n) is 9.40. The van der Waals surface area contributed by atoms with Crippen LogP contribution in [0, 0.1) is 0 Å². The van der Waals surface area contributed by atoms with Gasteiger partial charge in [-0.05, 0) is 84.4 Å². The van der Waals surface area contributed by atoms with Crippen LogP contribution < -0.4 is 0 Å². The minimum Gasteiger partial charge on any atom is -0.256 e. The highest BCUT2D eigenvalue weighted by Gasteiger charge is 2.26. The molecule has 0 saturated heterocycles. The first-order valence-corrected chi connectivity index (χ1v) is 16.3. The lowest BCUT2D eigenvalue weighted by Gasteiger charge is -2.24. The molecule has 9 aromatic rings. The Balaban J connectivity index is 1.58. The summed E-state index contributed by atoms with van der Waals surface area (Å²) in [7, 11) is 0. The summed E-state index contributed by atoms with van der Waals surface area (Å²) in [6.45, 7) is 0. The first kappa shape index (κ1) is 27.9. The molecule has 0 N–H and O–H groups in total. The maximum absolute atomic E-state index is 5.02. The predicted molar refractivity (Wildman–Crippen MR) is 202 cm³/mol. The fourth-order valence-electron chi connectivity index (χ4n) is 7.35. The molecule has 2 aromatic heterocycles. The Morgan fingerprint density at radius 1 is 0.271 bits per heavy atom. The molecule has 0 aliphatic carbocycles. The molecule has 0 fully saturated rings. The van der Waals surface area contributed by atoms with Gasteiger partial charge in [0.2, 0.25) is 0 Å². The summed E-state index contributed by atoms with van der Waals surface area (Å²) in [6, 6.07) is 60.6. The number of fused-ring (bicyclic) bond motifs is 6. The Bertz CT molecular complexity index is 2540. The monoisotopic (exact) mass is 610 g/mol. The molecule has 0 aliphatic rings. The van der Waals surface area contributed by atoms with Crippen LogP contribution in [0.2, 0.25) is 0 Å². The Morgan fingerprint density at radius 3 is 1.29 bits per heavy atom. The van der Waals surface area contributed by atoms with Gasteiger partial charge < -0.3 is 0 Å². The highest BCUT2D eigenvalue weighted by atomic mass is 14.7. The van der Waals surface area contributed by atoms with Gasteiger partial charge in [-0.2, -0.15) is 0 Å². The minimum atomic E-state index is 0.909. The molecule has 0 bridgehead atoms. The minimum absolute atomic E-state index is 0.909. The molecule has 0 unspecified atom stereocenters. The van der Waals surface area contributed by atoms with Gasteiger partial charge in [-0.3, -0.25) is 9.97 Å². The first-order valence-electron chi connectivity index (χ1n) is 16.3. The Morgan fingerprint density at radius 2 is 0.708 bits per heavy atom. The van der Waals surface area contributed by atoms with Gasteiger partial charge in [0.1, 0.15) is 0 Å². The van der Waals surface area contributed by atoms with Gasteiger partial charge in [0.15, 0.2) is 0 Å². The van der Waals surface area contributed by atoms with Crippen LogP contribution in [-0.2, 0) is 0 Å². The summed E-state index contributed by atoms with van der Waals surface area (Å²) in [6.07, 6.45) is 3.76. The lowest BCUT2D eigenvalue weighted by Crippen LogP contribution is -1.99. The van der Waals surface area contributed by atoms with E-state index in [1.807, 2.05) is 24.5 Å². The zero-order chi connectivity index (χ0) is 31.9. The zero-order valence-electron chi connectivity index (χ0n) is 26.2. The van der Waals surface area contributed by atoms with Crippen LogP contribution in [0.4, 0.5) is 0 Å². The second-order valence-electron chi connectivity index (χ2n) is 12.1. The summed E-state index contributed by atoms with van der Waals surface area (Å²) in [5, 5.41) is 7.44. The van der Waals surface area contributed by atoms with E-state index in [9.17, 15) is 0 Å². The van der Waals surface area contributed by atoms with Crippen molar-refractivity contribution in [2.24, 2.45) is 0 Å². The van der Waals surface area contributed by atoms with Gasteiger partial charge >= 0.3 is 0 Å². The molecule has 0 spiro atoms. The largest absolute Gasteiger partial charge is 0.256 e. The van der Waals surface area contributed by atoms with Gasteiger partial charge in [0.25, 0.3) is 0 Å². The van der Waals surface area contributed by atoms with E-state index >= 15 is 0 Å². The molecule has 2 heteroatoms. The summed E-state index contributed by atoms with van der Waals surface area (Å²) >= 11 is 0. The number of nitrogens with zero attached hydrogens (tertiary/aromatic N) is 2. The van der Waals surface area contributed by atoms with Crippen molar-refractivity contribution in [2.75, 3.05) is 0 Å². The van der Waals surface area contributed by atoms with Gasteiger partial charge in [-0.25, -0.2) is 0 Å². The van der Waals surface area contributed by atoms with E-state index in [1.165, 1.54) is 49.0 Å². The van der Waals surface area contributed by atoms with Gasteiger partial charge in [0, 0.05) is 29.1 Å². The second kappa shape index (κ2) is 11.8. The molecular formula is C46H30N2. The van der Waals surface area contributed by atoms with Crippen molar-refractivity contribution < 1.29 is 0 Å². The Labute approximate surface area is 279 Å². The number of rotatable bonds is 5. The Kier molecular flexibility index (Phi) is 6.84. The van der Waals surface area contributed by atoms with Crippen LogP contribution in [0.3, 0.4) is 0 Å². The molecule has 0 saturated carbocycles. The van der Waals surface area contributed by atoms with Crippen molar-refractivity contribution in [1.82, 2.24) is 9.97 Å². The SMILES string of the molecule is c1ccc(-c2ccc(-c3ccccn3)c(-c3ccccn3)c2-c2c(-c3ccccc3)ccc3c4ccccc4c4ccccc4c23)cc1. The third kappa shape index (κ3) is 4.58. The highest BCUT2D eigenvalue weighted by Crippen LogP contribution is 2.52. The summed E-state index contributed by atoms with van der Waals surface area (Å²) < 4.78 is 0. The van der Waals surface area contributed by atoms with Gasteiger partial charge in [0.05, 0.1) is 11.4 Å². The topological polar surface area (TPSA) is 25.8 Å². The second-order valence-corrected chi connectivity index (χ2v) is 12.1. The Hall–Kier alpha value is -6.38. The van der Waals surface area contributed by atoms with Gasteiger partial charge in [-0.1, -0.05) is 146 Å². The fourth-order valence-corrected chi connectivity index (χ4v) is 7.35. The number of hydrogen-bond acceptors (Lipinski definition) is 2. The van der Waals surface area contributed by atoms with Gasteiger partial charge in [-0.15, -0.1) is 0 Å². The van der Waals surface area contributed by atoms with Crippen LogP contribution in [0.25, 0.3) is 88.2 Å². The smallest absolute Gasteiger partial charge is 0.0715 e. The van der Waals surface area contributed by atoms with Crippen molar-refractivity contribution in [3.63, 3.8) is 0 Å². The summed E-state index contributed by atoms with van der Waals surface area (Å²) in [5.74, 6) is 0. The zero-order valence-corrected chi connectivity index (χ0v) is 26.2. The van der Waals surface area contributed by atoms with E-state index in [2.05, 4.69) is 158 Å². The number of hydrogen-bond donors (Lipinski definition) is 0. The van der Waals surface area contributed by atoms with Crippen LogP contribution in [-0.4, -0.2) is 9.97 Å². The molecular weight excluding hydrogens is 581 g/mol. The number of benzene rings is 7. The molecule has 0 aliphatic heterocycles. The fraction of sp³-hybridized carbons (Fsp3) is 0. The van der Waals surface area contributed by atoms with E-state index in [1.54, 1.807) is 0 Å². The highest BCUT2D eigenvalue weighted by molar-refractivity contribution is 6.31. The summed E-state index contributed by atoms with van der Waals surface area (Å²) in [5.41, 5.74) is 10.9. The predicted octanol–water partition coefficient (Wildman–Crippen LogP) is 12.3. The van der Waals surface area contributed by atoms with E-state index in [0.717, 1.165) is 39.2 Å². The van der Waals surface area contributed by atoms with Crippen LogP contribution >= 0.6 is 0 Å². The summed E-state index contributed by atoms with van der Waals surface area (Å²) in [4.78, 5) is 9.90. The maximum Gasteiger partial charge on any atom is 0.0715 e. The molecule has 0 atom stereocenters. The van der Waals surface area contributed by atoms with Crippen LogP contribution in [0.5, 0.6) is 0 Å². The van der Waals surface area contributed by atoms with Crippen molar-refractivity contribution in [1.29, 1.82) is 0 Å². The van der Waals surface area contributed by atoms with Crippen molar-refractivity contribution in [3.05, 3.63) is 182 Å². The lowest BCUT2D eigenvalue weighted by molar-refractivity contribution is 1.30. The molecule has 9 rings (SSSR count). The average molecular weight is 611 g/mol. The number of aromatic nitrogens is 2. The molecule has 224 valence electrons. The van der Waals surface area contributed by atoms with Crippen molar-refractivity contribution in [3.8, 4) is 55.9 Å². The van der Waals surface area contributed by atoms with E-state index in [-0.39, 0.29) is 0 Å². The lowest BCUT2D eigenvalue weighted by atomic mass is 9.79. The standard InChI is InChI=1S/C46H30N2/c1-3-15-31(16-4-1)33-25-27-39-37-21-8-7-19-35(37)36-20-9-10-22-38(36)43(39)45(33)46-34(32-17-5-2-6-18-32)26-28-40(41-23-11-13-29-47-41)44(46)42-24-12-14-30-48-42/h1-30H. The van der Waals surface area contributed by atoms with E-state index < -0.39 is 0 Å². The van der Waals surface area contributed by atoms with E-state index in [0.29, 0.717) is 0 Å². The molecule has 0 radical (unpaired) electrons. The average Bonchev–Trinajstić information content (AvgIpc) is 3.18. The first-order chi connectivity index (χ1) is 23.9. The molecule has 48 heavy (non-hydrogen) atoms. The van der Waals surface area contributed by atoms with Crippen molar-refractivity contribution in [2.45, 2.75) is 0 Å². The molecule has 0 amide bonds.